The minimum atomic E-state index is -0.730. The van der Waals surface area contributed by atoms with Gasteiger partial charge < -0.3 is 15.4 Å². The number of H-pyrrole nitrogens is 1. The van der Waals surface area contributed by atoms with Gasteiger partial charge in [-0.2, -0.15) is 5.10 Å². The van der Waals surface area contributed by atoms with Crippen LogP contribution in [0.3, 0.4) is 0 Å². The molecule has 0 fully saturated rings. The Morgan fingerprint density at radius 2 is 1.79 bits per heavy atom. The Bertz CT molecular complexity index is 1090. The fraction of sp³-hybridized carbons (Fsp3) is 0.238. The highest BCUT2D eigenvalue weighted by Gasteiger charge is 2.17. The van der Waals surface area contributed by atoms with Crippen LogP contribution >= 0.6 is 0 Å². The number of benzene rings is 2. The molecule has 3 N–H and O–H groups in total. The first-order valence-corrected chi connectivity index (χ1v) is 9.15. The summed E-state index contributed by atoms with van der Waals surface area (Å²) in [4.78, 5) is 36.6. The number of carbonyl (C=O) groups is 2. The maximum Gasteiger partial charge on any atom is 0.272 e. The zero-order chi connectivity index (χ0) is 20.8. The van der Waals surface area contributed by atoms with Crippen molar-refractivity contribution >= 4 is 22.6 Å². The lowest BCUT2D eigenvalue weighted by Crippen LogP contribution is -2.45. The molecule has 150 valence electrons. The van der Waals surface area contributed by atoms with E-state index in [-0.39, 0.29) is 30.3 Å². The van der Waals surface area contributed by atoms with E-state index in [9.17, 15) is 14.4 Å². The van der Waals surface area contributed by atoms with Crippen LogP contribution in [0.1, 0.15) is 18.2 Å². The summed E-state index contributed by atoms with van der Waals surface area (Å²) < 4.78 is 5.26. The topological polar surface area (TPSA) is 113 Å². The fourth-order valence-electron chi connectivity index (χ4n) is 3.00. The summed E-state index contributed by atoms with van der Waals surface area (Å²) in [5, 5.41) is 12.9. The lowest BCUT2D eigenvalue weighted by atomic mass is 10.1. The van der Waals surface area contributed by atoms with Gasteiger partial charge in [0.2, 0.25) is 11.8 Å². The van der Waals surface area contributed by atoms with Gasteiger partial charge in [-0.05, 0) is 19.1 Å². The second-order valence-corrected chi connectivity index (χ2v) is 6.54. The molecule has 0 aliphatic heterocycles. The molecule has 8 nitrogen and oxygen atoms in total. The molecule has 3 aromatic rings. The van der Waals surface area contributed by atoms with Crippen molar-refractivity contribution in [3.05, 3.63) is 70.1 Å². The normalized spacial score (nSPS) is 11.7. The third-order valence-corrected chi connectivity index (χ3v) is 4.52. The third-order valence-electron chi connectivity index (χ3n) is 4.52. The van der Waals surface area contributed by atoms with Crippen LogP contribution in [0.15, 0.2) is 53.3 Å². The molecule has 0 saturated heterocycles. The zero-order valence-electron chi connectivity index (χ0n) is 16.2. The predicted octanol–water partition coefficient (Wildman–Crippen LogP) is 1.30. The summed E-state index contributed by atoms with van der Waals surface area (Å²) in [5.74, 6) is -0.00121. The number of fused-ring (bicyclic) bond motifs is 1. The van der Waals surface area contributed by atoms with Gasteiger partial charge in [0.25, 0.3) is 5.56 Å². The second-order valence-electron chi connectivity index (χ2n) is 6.54. The Kier molecular flexibility index (Phi) is 6.23. The van der Waals surface area contributed by atoms with E-state index >= 15 is 0 Å². The van der Waals surface area contributed by atoms with Crippen LogP contribution in [0, 0.1) is 0 Å². The van der Waals surface area contributed by atoms with E-state index in [1.807, 2.05) is 24.3 Å². The summed E-state index contributed by atoms with van der Waals surface area (Å²) in [6, 6.07) is 13.6. The van der Waals surface area contributed by atoms with Crippen LogP contribution in [-0.4, -0.2) is 35.2 Å². The van der Waals surface area contributed by atoms with Gasteiger partial charge in [0, 0.05) is 17.5 Å². The number of nitrogens with one attached hydrogen (secondary N) is 3. The van der Waals surface area contributed by atoms with Gasteiger partial charge in [-0.15, -0.1) is 0 Å². The predicted molar refractivity (Wildman–Crippen MR) is 109 cm³/mol. The molecule has 2 amide bonds. The third kappa shape index (κ3) is 4.78. The standard InChI is InChI=1S/C21H22N4O4/c1-13(20(27)22-12-14-7-3-6-10-18(14)29-2)23-19(26)11-17-15-8-4-5-9-16(15)21(28)25-24-17/h3-10,13H,11-12H2,1-2H3,(H,22,27)(H,23,26)(H,25,28). The number of methoxy groups -OCH3 is 1. The maximum absolute atomic E-state index is 12.4. The molecule has 0 radical (unpaired) electrons. The molecule has 1 unspecified atom stereocenters. The van der Waals surface area contributed by atoms with Crippen LogP contribution < -0.4 is 20.9 Å². The molecule has 0 aliphatic carbocycles. The van der Waals surface area contributed by atoms with E-state index in [1.165, 1.54) is 0 Å². The minimum Gasteiger partial charge on any atom is -0.496 e. The number of nitrogens with zero attached hydrogens (tertiary/aromatic N) is 1. The van der Waals surface area contributed by atoms with Crippen LogP contribution in [0.4, 0.5) is 0 Å². The molecule has 0 spiro atoms. The average Bonchev–Trinajstić information content (AvgIpc) is 2.74. The summed E-state index contributed by atoms with van der Waals surface area (Å²) in [6.45, 7) is 1.89. The first kappa shape index (κ1) is 20.1. The van der Waals surface area contributed by atoms with E-state index in [2.05, 4.69) is 20.8 Å². The van der Waals surface area contributed by atoms with Crippen molar-refractivity contribution in [2.75, 3.05) is 7.11 Å². The molecule has 1 heterocycles. The largest absolute Gasteiger partial charge is 0.496 e. The van der Waals surface area contributed by atoms with E-state index in [1.54, 1.807) is 38.3 Å². The van der Waals surface area contributed by atoms with E-state index in [0.29, 0.717) is 22.2 Å². The molecule has 2 aromatic carbocycles. The van der Waals surface area contributed by atoms with Crippen molar-refractivity contribution in [3.8, 4) is 5.75 Å². The number of aromatic nitrogens is 2. The van der Waals surface area contributed by atoms with Crippen LogP contribution in [0.2, 0.25) is 0 Å². The zero-order valence-corrected chi connectivity index (χ0v) is 16.2. The maximum atomic E-state index is 12.4. The monoisotopic (exact) mass is 394 g/mol. The molecule has 3 rings (SSSR count). The fourth-order valence-corrected chi connectivity index (χ4v) is 3.00. The van der Waals surface area contributed by atoms with Crippen molar-refractivity contribution < 1.29 is 14.3 Å². The van der Waals surface area contributed by atoms with Gasteiger partial charge in [0.15, 0.2) is 0 Å². The number of hydrogen-bond acceptors (Lipinski definition) is 5. The van der Waals surface area contributed by atoms with Crippen LogP contribution in [0.25, 0.3) is 10.8 Å². The van der Waals surface area contributed by atoms with Crippen molar-refractivity contribution in [1.82, 2.24) is 20.8 Å². The number of para-hydroxylation sites is 1. The Balaban J connectivity index is 1.60. The lowest BCUT2D eigenvalue weighted by Gasteiger charge is -2.15. The summed E-state index contributed by atoms with van der Waals surface area (Å²) >= 11 is 0. The summed E-state index contributed by atoms with van der Waals surface area (Å²) in [6.07, 6.45) is -0.0541. The van der Waals surface area contributed by atoms with Crippen molar-refractivity contribution in [2.45, 2.75) is 25.9 Å². The number of ether oxygens (including phenoxy) is 1. The highest BCUT2D eigenvalue weighted by atomic mass is 16.5. The highest BCUT2D eigenvalue weighted by Crippen LogP contribution is 2.16. The van der Waals surface area contributed by atoms with Crippen molar-refractivity contribution in [1.29, 1.82) is 0 Å². The number of carbonyl (C=O) groups excluding carboxylic acids is 2. The molecule has 8 heteroatoms. The average molecular weight is 394 g/mol. The molecule has 0 saturated carbocycles. The Hall–Kier alpha value is -3.68. The lowest BCUT2D eigenvalue weighted by molar-refractivity contribution is -0.128. The Morgan fingerprint density at radius 3 is 2.55 bits per heavy atom. The molecule has 0 bridgehead atoms. The SMILES string of the molecule is COc1ccccc1CNC(=O)C(C)NC(=O)Cc1n[nH]c(=O)c2ccccc12. The van der Waals surface area contributed by atoms with Gasteiger partial charge in [0.1, 0.15) is 11.8 Å². The first-order chi connectivity index (χ1) is 14.0. The number of hydrogen-bond donors (Lipinski definition) is 3. The number of rotatable bonds is 7. The molecular formula is C21H22N4O4. The first-order valence-electron chi connectivity index (χ1n) is 9.15. The minimum absolute atomic E-state index is 0.0541. The van der Waals surface area contributed by atoms with E-state index in [0.717, 1.165) is 5.56 Å². The number of amides is 2. The van der Waals surface area contributed by atoms with Gasteiger partial charge in [0.05, 0.1) is 24.6 Å². The number of aromatic amines is 1. The van der Waals surface area contributed by atoms with E-state index in [4.69, 9.17) is 4.74 Å². The Labute approximate surface area is 167 Å². The molecule has 0 aliphatic rings. The summed E-state index contributed by atoms with van der Waals surface area (Å²) in [7, 11) is 1.57. The van der Waals surface area contributed by atoms with Gasteiger partial charge in [-0.3, -0.25) is 14.4 Å². The summed E-state index contributed by atoms with van der Waals surface area (Å²) in [5.41, 5.74) is 0.971. The van der Waals surface area contributed by atoms with Gasteiger partial charge >= 0.3 is 0 Å². The van der Waals surface area contributed by atoms with Gasteiger partial charge in [-0.1, -0.05) is 36.4 Å². The molecule has 1 aromatic heterocycles. The van der Waals surface area contributed by atoms with Crippen LogP contribution in [0.5, 0.6) is 5.75 Å². The van der Waals surface area contributed by atoms with E-state index < -0.39 is 6.04 Å². The molecular weight excluding hydrogens is 372 g/mol. The quantitative estimate of drug-likeness (QED) is 0.559. The highest BCUT2D eigenvalue weighted by molar-refractivity contribution is 5.91. The molecule has 1 atom stereocenters. The Morgan fingerprint density at radius 1 is 1.10 bits per heavy atom. The van der Waals surface area contributed by atoms with Crippen LogP contribution in [-0.2, 0) is 22.6 Å². The van der Waals surface area contributed by atoms with Crippen molar-refractivity contribution in [2.24, 2.45) is 0 Å². The second kappa shape index (κ2) is 9.01. The van der Waals surface area contributed by atoms with Crippen molar-refractivity contribution in [3.63, 3.8) is 0 Å². The smallest absolute Gasteiger partial charge is 0.272 e. The van der Waals surface area contributed by atoms with Gasteiger partial charge in [-0.25, -0.2) is 5.10 Å². The molecule has 29 heavy (non-hydrogen) atoms.